The number of aromatic nitrogens is 1. The van der Waals surface area contributed by atoms with Crippen molar-refractivity contribution in [2.45, 2.75) is 71.1 Å². The number of benzene rings is 1. The molecule has 8 heteroatoms. The highest BCUT2D eigenvalue weighted by Gasteiger charge is 2.58. The summed E-state index contributed by atoms with van der Waals surface area (Å²) in [4.78, 5) is 42.1. The van der Waals surface area contributed by atoms with E-state index in [1.54, 1.807) is 12.3 Å². The second kappa shape index (κ2) is 9.12. The SMILES string of the molecule is Cc1cnc(NC(=O)CC[C@@H]2CC(=O)[C@@]3(C)CCC4c5ccc(CC(=O)O)c(F)c5CCC4C23)s1. The molecule has 1 heterocycles. The van der Waals surface area contributed by atoms with Crippen molar-refractivity contribution in [1.82, 2.24) is 4.98 Å². The van der Waals surface area contributed by atoms with E-state index in [1.165, 1.54) is 11.3 Å². The average Bonchev–Trinajstić information content (AvgIpc) is 3.33. The smallest absolute Gasteiger partial charge is 0.307 e. The van der Waals surface area contributed by atoms with Crippen LogP contribution < -0.4 is 5.32 Å². The lowest BCUT2D eigenvalue weighted by molar-refractivity contribution is -0.136. The molecule has 2 saturated carbocycles. The molecule has 0 aliphatic heterocycles. The summed E-state index contributed by atoms with van der Waals surface area (Å²) in [6.07, 6.45) is 5.90. The normalized spacial score (nSPS) is 29.3. The number of carbonyl (C=O) groups is 3. The zero-order valence-electron chi connectivity index (χ0n) is 20.1. The topological polar surface area (TPSA) is 96.4 Å². The molecule has 2 fully saturated rings. The number of carboxylic acids is 1. The highest BCUT2D eigenvalue weighted by atomic mass is 32.1. The quantitative estimate of drug-likeness (QED) is 0.564. The van der Waals surface area contributed by atoms with Crippen LogP contribution in [-0.4, -0.2) is 27.8 Å². The molecule has 1 aromatic carbocycles. The van der Waals surface area contributed by atoms with Gasteiger partial charge in [-0.1, -0.05) is 19.1 Å². The van der Waals surface area contributed by atoms with E-state index in [0.717, 1.165) is 29.7 Å². The highest BCUT2D eigenvalue weighted by Crippen LogP contribution is 2.62. The number of fused-ring (bicyclic) bond motifs is 5. The summed E-state index contributed by atoms with van der Waals surface area (Å²) in [7, 11) is 0. The van der Waals surface area contributed by atoms with Gasteiger partial charge in [-0.05, 0) is 79.4 Å². The number of carboxylic acid groups (broad SMARTS) is 1. The molecule has 2 aromatic rings. The molecule has 2 N–H and O–H groups in total. The Labute approximate surface area is 208 Å². The van der Waals surface area contributed by atoms with Crippen molar-refractivity contribution in [1.29, 1.82) is 0 Å². The Balaban J connectivity index is 1.35. The van der Waals surface area contributed by atoms with Crippen LogP contribution in [0.3, 0.4) is 0 Å². The van der Waals surface area contributed by atoms with Crippen LogP contribution in [0.15, 0.2) is 18.3 Å². The Hall–Kier alpha value is -2.61. The number of nitrogens with zero attached hydrogens (tertiary/aromatic N) is 1. The van der Waals surface area contributed by atoms with Crippen LogP contribution in [0.2, 0.25) is 0 Å². The maximum Gasteiger partial charge on any atom is 0.307 e. The first-order chi connectivity index (χ1) is 16.7. The molecule has 1 amide bonds. The molecule has 5 atom stereocenters. The van der Waals surface area contributed by atoms with Crippen molar-refractivity contribution in [2.24, 2.45) is 23.2 Å². The van der Waals surface area contributed by atoms with Crippen LogP contribution in [0.4, 0.5) is 9.52 Å². The van der Waals surface area contributed by atoms with Crippen LogP contribution in [0.25, 0.3) is 0 Å². The van der Waals surface area contributed by atoms with Crippen LogP contribution in [0, 0.1) is 35.9 Å². The molecule has 5 rings (SSSR count). The van der Waals surface area contributed by atoms with E-state index < -0.39 is 5.97 Å². The van der Waals surface area contributed by atoms with Gasteiger partial charge in [0.25, 0.3) is 0 Å². The number of amides is 1. The fourth-order valence-electron chi connectivity index (χ4n) is 7.21. The number of anilines is 1. The highest BCUT2D eigenvalue weighted by molar-refractivity contribution is 7.15. The summed E-state index contributed by atoms with van der Waals surface area (Å²) in [5.41, 5.74) is 1.51. The third kappa shape index (κ3) is 4.30. The summed E-state index contributed by atoms with van der Waals surface area (Å²) in [5.74, 6) is -0.416. The second-order valence-corrected chi connectivity index (χ2v) is 12.0. The maximum absolute atomic E-state index is 15.2. The van der Waals surface area contributed by atoms with Crippen molar-refractivity contribution < 1.29 is 23.9 Å². The zero-order valence-corrected chi connectivity index (χ0v) is 20.9. The fourth-order valence-corrected chi connectivity index (χ4v) is 7.89. The molecule has 0 saturated heterocycles. The number of nitrogens with one attached hydrogen (secondary N) is 1. The molecule has 3 aliphatic carbocycles. The number of aliphatic carboxylic acids is 1. The Kier molecular flexibility index (Phi) is 6.28. The first kappa shape index (κ1) is 24.1. The van der Waals surface area contributed by atoms with Gasteiger partial charge in [0.15, 0.2) is 5.13 Å². The lowest BCUT2D eigenvalue weighted by Gasteiger charge is -2.50. The van der Waals surface area contributed by atoms with Gasteiger partial charge in [0, 0.05) is 29.3 Å². The van der Waals surface area contributed by atoms with Crippen molar-refractivity contribution in [3.63, 3.8) is 0 Å². The molecular weight excluding hydrogens is 467 g/mol. The van der Waals surface area contributed by atoms with E-state index >= 15 is 4.39 Å². The van der Waals surface area contributed by atoms with Crippen LogP contribution >= 0.6 is 11.3 Å². The predicted octanol–water partition coefficient (Wildman–Crippen LogP) is 5.29. The minimum absolute atomic E-state index is 0.0743. The first-order valence-corrected chi connectivity index (χ1v) is 13.3. The number of halogens is 1. The Bertz CT molecular complexity index is 1190. The molecule has 0 bridgehead atoms. The summed E-state index contributed by atoms with van der Waals surface area (Å²) < 4.78 is 15.2. The second-order valence-electron chi connectivity index (χ2n) is 10.7. The lowest BCUT2D eigenvalue weighted by Crippen LogP contribution is -2.44. The largest absolute Gasteiger partial charge is 0.481 e. The number of rotatable bonds is 6. The molecule has 3 aliphatic rings. The summed E-state index contributed by atoms with van der Waals surface area (Å²) in [5, 5.41) is 12.6. The third-order valence-electron chi connectivity index (χ3n) is 8.72. The standard InChI is InChI=1S/C27H31FN2O4S/c1-14-13-29-26(35-14)30-22(32)8-4-15-11-21(31)27(2)10-9-18-17-5-3-16(12-23(33)34)25(28)20(17)7-6-19(18)24(15)27/h3,5,13,15,18-19,24H,4,6-12H2,1-2H3,(H,33,34)(H,29,30,32)/t15-,18?,19?,24?,27-/m1/s1. The van der Waals surface area contributed by atoms with Crippen LogP contribution in [0.5, 0.6) is 0 Å². The fraction of sp³-hybridized carbons (Fsp3) is 0.556. The van der Waals surface area contributed by atoms with Gasteiger partial charge in [0.05, 0.1) is 6.42 Å². The number of carbonyl (C=O) groups excluding carboxylic acids is 2. The number of hydrogen-bond donors (Lipinski definition) is 2. The van der Waals surface area contributed by atoms with Gasteiger partial charge in [-0.15, -0.1) is 11.3 Å². The van der Waals surface area contributed by atoms with E-state index in [4.69, 9.17) is 5.11 Å². The van der Waals surface area contributed by atoms with E-state index in [1.807, 2.05) is 13.0 Å². The summed E-state index contributed by atoms with van der Waals surface area (Å²) in [6, 6.07) is 3.55. The lowest BCUT2D eigenvalue weighted by atomic mass is 9.54. The molecule has 3 unspecified atom stereocenters. The van der Waals surface area contributed by atoms with Crippen molar-refractivity contribution in [3.8, 4) is 0 Å². The Morgan fingerprint density at radius 1 is 1.31 bits per heavy atom. The molecule has 0 radical (unpaired) electrons. The van der Waals surface area contributed by atoms with Crippen LogP contribution in [0.1, 0.15) is 72.9 Å². The number of ketones is 1. The number of hydrogen-bond acceptors (Lipinski definition) is 5. The molecule has 186 valence electrons. The van der Waals surface area contributed by atoms with E-state index in [2.05, 4.69) is 17.2 Å². The van der Waals surface area contributed by atoms with Crippen LogP contribution in [-0.2, 0) is 27.2 Å². The van der Waals surface area contributed by atoms with Gasteiger partial charge in [-0.2, -0.15) is 0 Å². The molecule has 35 heavy (non-hydrogen) atoms. The van der Waals surface area contributed by atoms with Gasteiger partial charge in [0.1, 0.15) is 11.6 Å². The minimum atomic E-state index is -1.03. The zero-order chi connectivity index (χ0) is 24.9. The van der Waals surface area contributed by atoms with Crippen molar-refractivity contribution in [3.05, 3.63) is 45.7 Å². The maximum atomic E-state index is 15.2. The van der Waals surface area contributed by atoms with Gasteiger partial charge in [-0.3, -0.25) is 14.4 Å². The van der Waals surface area contributed by atoms with Gasteiger partial charge < -0.3 is 10.4 Å². The van der Waals surface area contributed by atoms with Crippen molar-refractivity contribution in [2.75, 3.05) is 5.32 Å². The minimum Gasteiger partial charge on any atom is -0.481 e. The molecule has 6 nitrogen and oxygen atoms in total. The van der Waals surface area contributed by atoms with E-state index in [9.17, 15) is 14.4 Å². The Morgan fingerprint density at radius 3 is 2.83 bits per heavy atom. The van der Waals surface area contributed by atoms with E-state index in [-0.39, 0.29) is 52.8 Å². The van der Waals surface area contributed by atoms with Gasteiger partial charge in [-0.25, -0.2) is 9.37 Å². The predicted molar refractivity (Wildman–Crippen MR) is 131 cm³/mol. The number of aryl methyl sites for hydroxylation is 1. The monoisotopic (exact) mass is 498 g/mol. The first-order valence-electron chi connectivity index (χ1n) is 12.4. The summed E-state index contributed by atoms with van der Waals surface area (Å²) >= 11 is 1.45. The summed E-state index contributed by atoms with van der Waals surface area (Å²) in [6.45, 7) is 4.04. The average molecular weight is 499 g/mol. The van der Waals surface area contributed by atoms with Gasteiger partial charge in [0.2, 0.25) is 5.91 Å². The van der Waals surface area contributed by atoms with Crippen molar-refractivity contribution >= 4 is 34.1 Å². The molecular formula is C27H31FN2O4S. The molecule has 0 spiro atoms. The van der Waals surface area contributed by atoms with E-state index in [0.29, 0.717) is 42.2 Å². The Morgan fingerprint density at radius 2 is 2.11 bits per heavy atom. The number of thiazole rings is 1. The third-order valence-corrected chi connectivity index (χ3v) is 9.55. The van der Waals surface area contributed by atoms with Gasteiger partial charge >= 0.3 is 5.97 Å². The number of Topliss-reactive ketones (excluding diaryl/α,β-unsaturated/α-hetero) is 1. The molecule has 1 aromatic heterocycles.